The highest BCUT2D eigenvalue weighted by molar-refractivity contribution is 7.92. The van der Waals surface area contributed by atoms with Gasteiger partial charge in [0, 0.05) is 18.1 Å². The minimum Gasteiger partial charge on any atom is -0.354 e. The third-order valence-corrected chi connectivity index (χ3v) is 8.09. The summed E-state index contributed by atoms with van der Waals surface area (Å²) in [4.78, 5) is 28.4. The van der Waals surface area contributed by atoms with Gasteiger partial charge in [-0.1, -0.05) is 74.8 Å². The first-order valence-corrected chi connectivity index (χ1v) is 14.5. The molecule has 0 aliphatic rings. The predicted molar refractivity (Wildman–Crippen MR) is 151 cm³/mol. The summed E-state index contributed by atoms with van der Waals surface area (Å²) in [7, 11) is -4.33. The fourth-order valence-corrected chi connectivity index (χ4v) is 5.58. The molecule has 0 saturated heterocycles. The van der Waals surface area contributed by atoms with Crippen LogP contribution in [-0.4, -0.2) is 44.3 Å². The van der Waals surface area contributed by atoms with Crippen molar-refractivity contribution in [2.45, 2.75) is 44.7 Å². The van der Waals surface area contributed by atoms with Gasteiger partial charge >= 0.3 is 0 Å². The van der Waals surface area contributed by atoms with E-state index in [1.165, 1.54) is 35.2 Å². The Hall–Kier alpha value is -3.43. The number of sulfonamides is 1. The summed E-state index contributed by atoms with van der Waals surface area (Å²) >= 11 is 6.03. The van der Waals surface area contributed by atoms with E-state index in [1.54, 1.807) is 49.4 Å². The fourth-order valence-electron chi connectivity index (χ4n) is 4.02. The van der Waals surface area contributed by atoms with Crippen molar-refractivity contribution in [1.82, 2.24) is 10.2 Å². The van der Waals surface area contributed by atoms with Crippen LogP contribution in [0.25, 0.3) is 0 Å². The lowest BCUT2D eigenvalue weighted by Gasteiger charge is -2.33. The first-order valence-electron chi connectivity index (χ1n) is 12.7. The molecular formula is C29H33ClFN3O4S. The molecule has 0 fully saturated rings. The zero-order valence-electron chi connectivity index (χ0n) is 22.2. The van der Waals surface area contributed by atoms with Gasteiger partial charge in [-0.05, 0) is 54.3 Å². The number of carbonyl (C=O) groups excluding carboxylic acids is 2. The molecule has 1 atom stereocenters. The van der Waals surface area contributed by atoms with E-state index in [4.69, 9.17) is 11.6 Å². The number of carbonyl (C=O) groups is 2. The van der Waals surface area contributed by atoms with Gasteiger partial charge in [-0.25, -0.2) is 12.8 Å². The molecule has 0 heterocycles. The Balaban J connectivity index is 2.04. The molecular weight excluding hydrogens is 541 g/mol. The minimum atomic E-state index is -4.33. The van der Waals surface area contributed by atoms with Crippen molar-refractivity contribution < 1.29 is 22.4 Å². The van der Waals surface area contributed by atoms with Gasteiger partial charge < -0.3 is 10.2 Å². The average molecular weight is 574 g/mol. The number of anilines is 1. The SMILES string of the molecule is CC[C@H](C(=O)NCC(C)C)N(Cc1ccc(Cl)cc1)C(=O)CN(c1ccccc1F)S(=O)(=O)c1ccccc1. The molecule has 7 nitrogen and oxygen atoms in total. The monoisotopic (exact) mass is 573 g/mol. The van der Waals surface area contributed by atoms with E-state index in [0.717, 1.165) is 10.4 Å². The lowest BCUT2D eigenvalue weighted by atomic mass is 10.1. The van der Waals surface area contributed by atoms with Gasteiger partial charge in [0.1, 0.15) is 18.4 Å². The highest BCUT2D eigenvalue weighted by atomic mass is 35.5. The van der Waals surface area contributed by atoms with Crippen LogP contribution in [0.2, 0.25) is 5.02 Å². The first kappa shape index (κ1) is 30.1. The Morgan fingerprint density at radius 3 is 2.15 bits per heavy atom. The number of benzene rings is 3. The molecule has 3 aromatic rings. The number of nitrogens with one attached hydrogen (secondary N) is 1. The molecule has 0 unspecified atom stereocenters. The summed E-state index contributed by atoms with van der Waals surface area (Å²) in [5, 5.41) is 3.38. The molecule has 39 heavy (non-hydrogen) atoms. The highest BCUT2D eigenvalue weighted by Gasteiger charge is 2.34. The van der Waals surface area contributed by atoms with Crippen LogP contribution in [0, 0.1) is 11.7 Å². The molecule has 1 N–H and O–H groups in total. The van der Waals surface area contributed by atoms with Gasteiger partial charge in [0.05, 0.1) is 10.6 Å². The van der Waals surface area contributed by atoms with Gasteiger partial charge in [0.2, 0.25) is 11.8 Å². The lowest BCUT2D eigenvalue weighted by Crippen LogP contribution is -2.52. The van der Waals surface area contributed by atoms with Gasteiger partial charge in [-0.2, -0.15) is 0 Å². The van der Waals surface area contributed by atoms with Crippen molar-refractivity contribution >= 4 is 39.1 Å². The third-order valence-electron chi connectivity index (χ3n) is 6.07. The second kappa shape index (κ2) is 13.6. The van der Waals surface area contributed by atoms with Gasteiger partial charge in [0.25, 0.3) is 10.0 Å². The van der Waals surface area contributed by atoms with Crippen molar-refractivity contribution in [1.29, 1.82) is 0 Å². The molecule has 3 rings (SSSR count). The zero-order valence-corrected chi connectivity index (χ0v) is 23.8. The topological polar surface area (TPSA) is 86.8 Å². The molecule has 0 aliphatic heterocycles. The maximum Gasteiger partial charge on any atom is 0.264 e. The van der Waals surface area contributed by atoms with Crippen LogP contribution >= 0.6 is 11.6 Å². The number of halogens is 2. The Morgan fingerprint density at radius 2 is 1.56 bits per heavy atom. The van der Waals surface area contributed by atoms with Crippen molar-refractivity contribution in [2.75, 3.05) is 17.4 Å². The van der Waals surface area contributed by atoms with E-state index in [0.29, 0.717) is 17.1 Å². The fraction of sp³-hybridized carbons (Fsp3) is 0.310. The van der Waals surface area contributed by atoms with Crippen LogP contribution in [0.5, 0.6) is 0 Å². The van der Waals surface area contributed by atoms with Crippen LogP contribution in [0.15, 0.2) is 83.8 Å². The summed E-state index contributed by atoms with van der Waals surface area (Å²) in [6.45, 7) is 5.43. The summed E-state index contributed by atoms with van der Waals surface area (Å²) in [5.74, 6) is -1.61. The second-order valence-electron chi connectivity index (χ2n) is 9.49. The van der Waals surface area contributed by atoms with Crippen LogP contribution < -0.4 is 9.62 Å². The molecule has 208 valence electrons. The average Bonchev–Trinajstić information content (AvgIpc) is 2.92. The molecule has 0 radical (unpaired) electrons. The molecule has 0 bridgehead atoms. The summed E-state index contributed by atoms with van der Waals surface area (Å²) in [6.07, 6.45) is 0.286. The molecule has 2 amide bonds. The maximum atomic E-state index is 14.9. The third kappa shape index (κ3) is 7.80. The van der Waals surface area contributed by atoms with Crippen LogP contribution in [-0.2, 0) is 26.2 Å². The van der Waals surface area contributed by atoms with Gasteiger partial charge in [-0.3, -0.25) is 13.9 Å². The Kier molecular flexibility index (Phi) is 10.5. The standard InChI is InChI=1S/C29H33ClFN3O4S/c1-4-26(29(36)32-18-21(2)3)33(19-22-14-16-23(30)17-15-22)28(35)20-34(27-13-9-8-12-25(27)31)39(37,38)24-10-6-5-7-11-24/h5-17,21,26H,4,18-20H2,1-3H3,(H,32,36)/t26-/m1/s1. The predicted octanol–water partition coefficient (Wildman–Crippen LogP) is 5.25. The van der Waals surface area contributed by atoms with Crippen molar-refractivity contribution in [3.8, 4) is 0 Å². The summed E-state index contributed by atoms with van der Waals surface area (Å²) < 4.78 is 43.1. The number of hydrogen-bond acceptors (Lipinski definition) is 4. The lowest BCUT2D eigenvalue weighted by molar-refractivity contribution is -0.140. The molecule has 0 saturated carbocycles. The van der Waals surface area contributed by atoms with Gasteiger partial charge in [-0.15, -0.1) is 0 Å². The molecule has 10 heteroatoms. The highest BCUT2D eigenvalue weighted by Crippen LogP contribution is 2.27. The second-order valence-corrected chi connectivity index (χ2v) is 11.8. The number of para-hydroxylation sites is 1. The van der Waals surface area contributed by atoms with Crippen LogP contribution in [0.4, 0.5) is 10.1 Å². The molecule has 0 aliphatic carbocycles. The first-order chi connectivity index (χ1) is 18.5. The van der Waals surface area contributed by atoms with Crippen molar-refractivity contribution in [3.05, 3.63) is 95.3 Å². The van der Waals surface area contributed by atoms with Gasteiger partial charge in [0.15, 0.2) is 0 Å². The molecule has 0 aromatic heterocycles. The van der Waals surface area contributed by atoms with E-state index in [1.807, 2.05) is 13.8 Å². The number of rotatable bonds is 12. The summed E-state index contributed by atoms with van der Waals surface area (Å²) in [6, 6.07) is 18.8. The zero-order chi connectivity index (χ0) is 28.6. The smallest absolute Gasteiger partial charge is 0.264 e. The number of nitrogens with zero attached hydrogens (tertiary/aromatic N) is 2. The number of hydrogen-bond donors (Lipinski definition) is 1. The van der Waals surface area contributed by atoms with Crippen LogP contribution in [0.3, 0.4) is 0 Å². The summed E-state index contributed by atoms with van der Waals surface area (Å²) in [5.41, 5.74) is 0.435. The normalized spacial score (nSPS) is 12.2. The largest absolute Gasteiger partial charge is 0.354 e. The maximum absolute atomic E-state index is 14.9. The van der Waals surface area contributed by atoms with E-state index < -0.39 is 34.3 Å². The molecule has 0 spiro atoms. The Labute approximate surface area is 234 Å². The van der Waals surface area contributed by atoms with Crippen molar-refractivity contribution in [2.24, 2.45) is 5.92 Å². The van der Waals surface area contributed by atoms with Crippen molar-refractivity contribution in [3.63, 3.8) is 0 Å². The Morgan fingerprint density at radius 1 is 0.949 bits per heavy atom. The number of amides is 2. The van der Waals surface area contributed by atoms with E-state index >= 15 is 0 Å². The van der Waals surface area contributed by atoms with Crippen LogP contribution in [0.1, 0.15) is 32.8 Å². The Bertz CT molecular complexity index is 1370. The van der Waals surface area contributed by atoms with E-state index in [2.05, 4.69) is 5.32 Å². The quantitative estimate of drug-likeness (QED) is 0.320. The minimum absolute atomic E-state index is 0.0279. The van der Waals surface area contributed by atoms with E-state index in [9.17, 15) is 22.4 Å². The molecule has 3 aromatic carbocycles. The van der Waals surface area contributed by atoms with E-state index in [-0.39, 0.29) is 35.4 Å².